The number of nitrogens with one attached hydrogen (secondary N) is 2. The number of hydrogen-bond donors (Lipinski definition) is 3. The van der Waals surface area contributed by atoms with Gasteiger partial charge in [-0.05, 0) is 25.3 Å². The van der Waals surface area contributed by atoms with Crippen LogP contribution in [0.1, 0.15) is 25.5 Å². The smallest absolute Gasteiger partial charge is 0.425 e. The maximum absolute atomic E-state index is 11.2. The van der Waals surface area contributed by atoms with E-state index in [1.165, 1.54) is 7.05 Å². The van der Waals surface area contributed by atoms with Crippen LogP contribution in [0.5, 0.6) is 0 Å². The Hall–Kier alpha value is -2.42. The number of anilines is 1. The average Bonchev–Trinajstić information content (AvgIpc) is 3.33. The van der Waals surface area contributed by atoms with E-state index in [2.05, 4.69) is 15.5 Å². The molecule has 8 nitrogen and oxygen atoms in total. The van der Waals surface area contributed by atoms with E-state index in [4.69, 9.17) is 27.9 Å². The van der Waals surface area contributed by atoms with Crippen molar-refractivity contribution >= 4 is 45.9 Å². The lowest BCUT2D eigenvalue weighted by atomic mass is 10.1. The fourth-order valence-corrected chi connectivity index (χ4v) is 3.78. The predicted octanol–water partition coefficient (Wildman–Crippen LogP) is 4.97. The summed E-state index contributed by atoms with van der Waals surface area (Å²) in [5.74, 6) is 0. The van der Waals surface area contributed by atoms with E-state index in [0.29, 0.717) is 21.2 Å². The van der Waals surface area contributed by atoms with Gasteiger partial charge in [0.25, 0.3) is 0 Å². The molecule has 2 aromatic heterocycles. The van der Waals surface area contributed by atoms with E-state index in [1.54, 1.807) is 12.3 Å². The Morgan fingerprint density at radius 1 is 1.46 bits per heavy atom. The van der Waals surface area contributed by atoms with E-state index in [1.807, 2.05) is 17.1 Å². The van der Waals surface area contributed by atoms with Gasteiger partial charge in [-0.1, -0.05) is 23.2 Å². The standard InChI is InChI=1S/C18H19Cl2N5O3/c1-24(18(26)27)23-13-6-12(19)16(20)17-15(13)11(8-21-17)10-7-22-25(9-10)14-4-2-3-5-28-14/h6-9,14,21,23H,2-5H2,1H3,(H,26,27). The van der Waals surface area contributed by atoms with Crippen molar-refractivity contribution in [2.24, 2.45) is 0 Å². The molecule has 0 saturated carbocycles. The number of fused-ring (bicyclic) bond motifs is 1. The minimum Gasteiger partial charge on any atom is -0.464 e. The fourth-order valence-electron chi connectivity index (χ4n) is 3.37. The molecule has 0 radical (unpaired) electrons. The summed E-state index contributed by atoms with van der Waals surface area (Å²) < 4.78 is 7.61. The normalized spacial score (nSPS) is 17.0. The van der Waals surface area contributed by atoms with Gasteiger partial charge in [0.05, 0.1) is 27.4 Å². The highest BCUT2D eigenvalue weighted by Gasteiger charge is 2.21. The third kappa shape index (κ3) is 3.39. The van der Waals surface area contributed by atoms with Crippen molar-refractivity contribution in [3.63, 3.8) is 0 Å². The first-order valence-electron chi connectivity index (χ1n) is 8.84. The number of carboxylic acid groups (broad SMARTS) is 1. The Morgan fingerprint density at radius 3 is 3.00 bits per heavy atom. The Bertz CT molecular complexity index is 1030. The molecule has 0 spiro atoms. The van der Waals surface area contributed by atoms with Crippen molar-refractivity contribution in [1.29, 1.82) is 0 Å². The first-order chi connectivity index (χ1) is 13.5. The van der Waals surface area contributed by atoms with Gasteiger partial charge >= 0.3 is 6.09 Å². The van der Waals surface area contributed by atoms with E-state index in [0.717, 1.165) is 47.4 Å². The number of carbonyl (C=O) groups is 1. The molecule has 1 atom stereocenters. The summed E-state index contributed by atoms with van der Waals surface area (Å²) >= 11 is 12.6. The molecule has 0 aliphatic carbocycles. The highest BCUT2D eigenvalue weighted by Crippen LogP contribution is 2.41. The van der Waals surface area contributed by atoms with Crippen LogP contribution in [0.25, 0.3) is 22.0 Å². The molecule has 0 bridgehead atoms. The number of hydrazine groups is 1. The largest absolute Gasteiger partial charge is 0.464 e. The van der Waals surface area contributed by atoms with Crippen LogP contribution in [-0.4, -0.2) is 44.6 Å². The Kier molecular flexibility index (Phi) is 5.09. The molecule has 3 N–H and O–H groups in total. The molecule has 10 heteroatoms. The van der Waals surface area contributed by atoms with Crippen molar-refractivity contribution in [3.05, 3.63) is 34.7 Å². The molecule has 4 rings (SSSR count). The quantitative estimate of drug-likeness (QED) is 0.514. The number of hydrogen-bond acceptors (Lipinski definition) is 4. The molecule has 1 fully saturated rings. The third-order valence-corrected chi connectivity index (χ3v) is 5.58. The molecular weight excluding hydrogens is 405 g/mol. The number of rotatable bonds is 4. The summed E-state index contributed by atoms with van der Waals surface area (Å²) in [6, 6.07) is 1.61. The zero-order valence-electron chi connectivity index (χ0n) is 15.1. The number of aromatic amines is 1. The molecule has 3 heterocycles. The average molecular weight is 424 g/mol. The summed E-state index contributed by atoms with van der Waals surface area (Å²) in [5, 5.41) is 16.0. The van der Waals surface area contributed by atoms with Crippen LogP contribution in [0.2, 0.25) is 10.0 Å². The van der Waals surface area contributed by atoms with Gasteiger partial charge < -0.3 is 14.8 Å². The highest BCUT2D eigenvalue weighted by atomic mass is 35.5. The molecule has 1 aliphatic rings. The lowest BCUT2D eigenvalue weighted by molar-refractivity contribution is -0.0394. The Morgan fingerprint density at radius 2 is 2.29 bits per heavy atom. The minimum absolute atomic E-state index is 0.0681. The first-order valence-corrected chi connectivity index (χ1v) is 9.60. The Balaban J connectivity index is 1.78. The zero-order chi connectivity index (χ0) is 19.8. The van der Waals surface area contributed by atoms with Crippen LogP contribution >= 0.6 is 23.2 Å². The van der Waals surface area contributed by atoms with Gasteiger partial charge in [0.15, 0.2) is 0 Å². The van der Waals surface area contributed by atoms with Crippen LogP contribution < -0.4 is 5.43 Å². The Labute approximate surface area is 170 Å². The minimum atomic E-state index is -1.13. The van der Waals surface area contributed by atoms with E-state index in [-0.39, 0.29) is 6.23 Å². The molecule has 1 aliphatic heterocycles. The molecule has 28 heavy (non-hydrogen) atoms. The highest BCUT2D eigenvalue weighted by molar-refractivity contribution is 6.46. The number of ether oxygens (including phenoxy) is 1. The zero-order valence-corrected chi connectivity index (χ0v) is 16.6. The molecule has 3 aromatic rings. The van der Waals surface area contributed by atoms with Gasteiger partial charge in [-0.3, -0.25) is 5.43 Å². The van der Waals surface area contributed by atoms with E-state index >= 15 is 0 Å². The second-order valence-corrected chi connectivity index (χ2v) is 7.44. The number of halogens is 2. The number of amides is 1. The summed E-state index contributed by atoms with van der Waals surface area (Å²) in [6.07, 6.45) is 7.39. The van der Waals surface area contributed by atoms with Gasteiger partial charge in [-0.25, -0.2) is 14.5 Å². The summed E-state index contributed by atoms with van der Waals surface area (Å²) in [4.78, 5) is 14.4. The SMILES string of the molecule is CN(Nc1cc(Cl)c(Cl)c2[nH]cc(-c3cnn(C4CCCCO4)c3)c12)C(=O)O. The summed E-state index contributed by atoms with van der Waals surface area (Å²) in [7, 11) is 1.40. The maximum Gasteiger partial charge on any atom is 0.425 e. The molecular formula is C18H19Cl2N5O3. The maximum atomic E-state index is 11.2. The second-order valence-electron chi connectivity index (χ2n) is 6.66. The number of aromatic nitrogens is 3. The predicted molar refractivity (Wildman–Crippen MR) is 108 cm³/mol. The summed E-state index contributed by atoms with van der Waals surface area (Å²) in [5.41, 5.74) is 5.67. The van der Waals surface area contributed by atoms with Crippen LogP contribution in [0.15, 0.2) is 24.7 Å². The van der Waals surface area contributed by atoms with Crippen LogP contribution in [-0.2, 0) is 4.74 Å². The fraction of sp³-hybridized carbons (Fsp3) is 0.333. The number of benzene rings is 1. The number of nitrogens with zero attached hydrogens (tertiary/aromatic N) is 3. The number of H-pyrrole nitrogens is 1. The lowest BCUT2D eigenvalue weighted by Gasteiger charge is -2.22. The van der Waals surface area contributed by atoms with Crippen LogP contribution in [0.4, 0.5) is 10.5 Å². The first kappa shape index (κ1) is 18.9. The topological polar surface area (TPSA) is 95.4 Å². The lowest BCUT2D eigenvalue weighted by Crippen LogP contribution is -2.30. The second kappa shape index (κ2) is 7.54. The summed E-state index contributed by atoms with van der Waals surface area (Å²) in [6.45, 7) is 0.733. The molecule has 1 amide bonds. The van der Waals surface area contributed by atoms with Gasteiger partial charge in [0, 0.05) is 42.6 Å². The van der Waals surface area contributed by atoms with Gasteiger partial charge in [0.2, 0.25) is 0 Å². The van der Waals surface area contributed by atoms with Crippen molar-refractivity contribution in [2.45, 2.75) is 25.5 Å². The van der Waals surface area contributed by atoms with Crippen molar-refractivity contribution in [3.8, 4) is 11.1 Å². The van der Waals surface area contributed by atoms with Gasteiger partial charge in [0.1, 0.15) is 6.23 Å². The van der Waals surface area contributed by atoms with Gasteiger partial charge in [-0.2, -0.15) is 5.10 Å². The van der Waals surface area contributed by atoms with Gasteiger partial charge in [-0.15, -0.1) is 0 Å². The molecule has 148 valence electrons. The van der Waals surface area contributed by atoms with Crippen LogP contribution in [0.3, 0.4) is 0 Å². The van der Waals surface area contributed by atoms with Crippen LogP contribution in [0, 0.1) is 0 Å². The van der Waals surface area contributed by atoms with E-state index in [9.17, 15) is 9.90 Å². The molecule has 1 unspecified atom stereocenters. The third-order valence-electron chi connectivity index (χ3n) is 4.79. The van der Waals surface area contributed by atoms with E-state index < -0.39 is 6.09 Å². The van der Waals surface area contributed by atoms with Crippen molar-refractivity contribution in [1.82, 2.24) is 19.8 Å². The van der Waals surface area contributed by atoms with Crippen molar-refractivity contribution in [2.75, 3.05) is 19.1 Å². The molecule has 1 saturated heterocycles. The molecule has 1 aromatic carbocycles. The van der Waals surface area contributed by atoms with Crippen molar-refractivity contribution < 1.29 is 14.6 Å². The monoisotopic (exact) mass is 423 g/mol.